The van der Waals surface area contributed by atoms with Gasteiger partial charge in [-0.05, 0) is 0 Å². The van der Waals surface area contributed by atoms with Crippen LogP contribution in [0.25, 0.3) is 0 Å². The number of amides is 2. The first-order valence-electron chi connectivity index (χ1n) is 40.7. The van der Waals surface area contributed by atoms with Gasteiger partial charge in [0.05, 0.1) is 72.7 Å². The number of rotatable bonds is 33. The number of hydrogen-bond acceptors (Lipinski definition) is 56. The normalized spacial score (nSPS) is 51.7. The molecule has 35 N–H and O–H groups in total. The van der Waals surface area contributed by atoms with Gasteiger partial charge in [0, 0.05) is 13.8 Å². The van der Waals surface area contributed by atoms with Gasteiger partial charge >= 0.3 is 0 Å². The molecule has 0 saturated carbocycles. The summed E-state index contributed by atoms with van der Waals surface area (Å²) in [5.74, 6) is -1.74. The van der Waals surface area contributed by atoms with Gasteiger partial charge in [-0.25, -0.2) is 0 Å². The summed E-state index contributed by atoms with van der Waals surface area (Å²) in [5.41, 5.74) is 0. The number of hydrogen-bond donors (Lipinski definition) is 35. The fraction of sp³-hybridized carbons (Fsp3) is 0.971. The van der Waals surface area contributed by atoms with Crippen molar-refractivity contribution in [3.05, 3.63) is 0 Å². The van der Waals surface area contributed by atoms with Gasteiger partial charge in [-0.3, -0.25) is 9.59 Å². The molecule has 11 rings (SSSR count). The Morgan fingerprint density at radius 1 is 0.203 bits per heavy atom. The number of carbonyl (C=O) groups is 2. The van der Waals surface area contributed by atoms with Crippen molar-refractivity contribution in [1.82, 2.24) is 10.6 Å². The van der Waals surface area contributed by atoms with E-state index in [2.05, 4.69) is 10.6 Å². The van der Waals surface area contributed by atoms with Crippen LogP contribution >= 0.6 is 0 Å². The van der Waals surface area contributed by atoms with Gasteiger partial charge in [0.1, 0.15) is 268 Å². The topological polar surface area (TPSA) is 920 Å². The molecule has 128 heavy (non-hydrogen) atoms. The van der Waals surface area contributed by atoms with Gasteiger partial charge in [0.15, 0.2) is 69.2 Å². The average Bonchev–Trinajstić information content (AvgIpc) is 0.765. The van der Waals surface area contributed by atoms with Crippen LogP contribution in [-0.2, 0) is 109 Å². The van der Waals surface area contributed by atoms with Crippen LogP contribution in [0.15, 0.2) is 0 Å². The molecule has 0 aromatic carbocycles. The maximum Gasteiger partial charge on any atom is 0.217 e. The molecular formula is C70H118N2O56. The summed E-state index contributed by atoms with van der Waals surface area (Å²) in [7, 11) is 0. The number of ether oxygens (including phenoxy) is 21. The maximum absolute atomic E-state index is 12.9. The average molecular weight is 1880 g/mol. The Kier molecular flexibility index (Phi) is 37.7. The van der Waals surface area contributed by atoms with Gasteiger partial charge in [0.25, 0.3) is 0 Å². The van der Waals surface area contributed by atoms with E-state index in [0.717, 1.165) is 13.8 Å². The molecule has 55 atom stereocenters. The second-order valence-corrected chi connectivity index (χ2v) is 32.3. The molecule has 744 valence electrons. The summed E-state index contributed by atoms with van der Waals surface area (Å²) in [5, 5.41) is 372. The molecule has 11 aliphatic rings. The lowest BCUT2D eigenvalue weighted by atomic mass is 9.94. The van der Waals surface area contributed by atoms with Crippen molar-refractivity contribution in [1.29, 1.82) is 0 Å². The molecular weight excluding hydrogens is 1760 g/mol. The third-order valence-electron chi connectivity index (χ3n) is 23.8. The predicted octanol–water partition coefficient (Wildman–Crippen LogP) is -24.7. The molecule has 0 aromatic rings. The van der Waals surface area contributed by atoms with Crippen LogP contribution in [0.4, 0.5) is 0 Å². The van der Waals surface area contributed by atoms with Crippen LogP contribution in [0, 0.1) is 0 Å². The molecule has 11 aliphatic heterocycles. The monoisotopic (exact) mass is 1880 g/mol. The van der Waals surface area contributed by atoms with Crippen LogP contribution in [0.5, 0.6) is 0 Å². The van der Waals surface area contributed by atoms with Crippen molar-refractivity contribution in [2.24, 2.45) is 0 Å². The Labute approximate surface area is 722 Å². The van der Waals surface area contributed by atoms with Gasteiger partial charge in [-0.1, -0.05) is 0 Å². The Morgan fingerprint density at radius 3 is 0.766 bits per heavy atom. The molecule has 11 fully saturated rings. The Bertz CT molecular complexity index is 3380. The molecule has 0 aliphatic carbocycles. The quantitative estimate of drug-likeness (QED) is 0.0290. The molecule has 0 radical (unpaired) electrons. The van der Waals surface area contributed by atoms with E-state index in [1.165, 1.54) is 0 Å². The molecule has 2 amide bonds. The molecule has 58 heteroatoms. The Morgan fingerprint density at radius 2 is 0.422 bits per heavy atom. The summed E-state index contributed by atoms with van der Waals surface area (Å²) >= 11 is 0. The number of carbonyl (C=O) groups excluding carboxylic acids is 2. The van der Waals surface area contributed by atoms with Crippen molar-refractivity contribution in [2.75, 3.05) is 72.7 Å². The highest BCUT2D eigenvalue weighted by atomic mass is 16.8. The third kappa shape index (κ3) is 22.5. The molecule has 11 heterocycles. The first-order chi connectivity index (χ1) is 60.7. The largest absolute Gasteiger partial charge is 0.394 e. The fourth-order valence-corrected chi connectivity index (χ4v) is 16.5. The zero-order valence-corrected chi connectivity index (χ0v) is 67.7. The Balaban J connectivity index is 0.905. The van der Waals surface area contributed by atoms with E-state index in [1.807, 2.05) is 0 Å². The van der Waals surface area contributed by atoms with E-state index in [9.17, 15) is 178 Å². The second-order valence-electron chi connectivity index (χ2n) is 32.3. The summed E-state index contributed by atoms with van der Waals surface area (Å²) in [6, 6.07) is -3.58. The number of nitrogens with one attached hydrogen (secondary N) is 2. The number of aliphatic hydroxyl groups is 33. The summed E-state index contributed by atoms with van der Waals surface area (Å²) in [6.45, 7) is -10.7. The Hall–Kier alpha value is -3.22. The summed E-state index contributed by atoms with van der Waals surface area (Å²) in [4.78, 5) is 25.1. The van der Waals surface area contributed by atoms with Gasteiger partial charge in [-0.2, -0.15) is 0 Å². The number of aliphatic hydroxyl groups excluding tert-OH is 33. The smallest absolute Gasteiger partial charge is 0.217 e. The molecule has 11 saturated heterocycles. The van der Waals surface area contributed by atoms with Crippen molar-refractivity contribution in [2.45, 2.75) is 351 Å². The summed E-state index contributed by atoms with van der Waals surface area (Å²) < 4.78 is 123. The van der Waals surface area contributed by atoms with Gasteiger partial charge < -0.3 is 279 Å². The van der Waals surface area contributed by atoms with E-state index in [-0.39, 0.29) is 0 Å². The summed E-state index contributed by atoms with van der Waals surface area (Å²) in [6.07, 6.45) is -117. The van der Waals surface area contributed by atoms with E-state index < -0.39 is 422 Å². The zero-order chi connectivity index (χ0) is 94.0. The molecule has 58 nitrogen and oxygen atoms in total. The van der Waals surface area contributed by atoms with E-state index >= 15 is 0 Å². The minimum absolute atomic E-state index is 0.796. The standard InChI is InChI=1S/C70H118N2O56/c1-14(82)71-27-38(93)52(23(10-80)110-60(27)107)121-61-28(72-15(2)83)39(94)53(24(11-81)118-61)122-66-51(106)55(123-64-48(103)41(96)30(85)17(4-74)112-64)37(92)26(120-66)13-109-63-50(105)54(36(91)25(119-63)12-108-62-47(102)40(95)29(84)16(3-73)111-62)124-67-57(44(99)33(88)19(6-76)114-67)126-69-59(46(101)35(90)21(8-78)116-69)128-70-58(45(100)34(89)22(9-79)117-70)127-68-56(43(98)32(87)20(7-77)115-68)125-65-49(104)42(97)31(86)18(5-75)113-65/h16-70,73-81,84-107H,3-13H2,1-2H3,(H,71,82)(H,72,83)/t16-,17-,18-,19-,20-,21-,22-,23-,24-,25-,26-,27-,28-,29-,30-,31-,32-,33-,34-,35-,36-,37-,38-,39-,40+,41+,42+,43+,44+,45+,46+,47+,48+,49+,50+,51+,52-,53-,54+,55+,56+,57+,58+,59+,60?,61+,62+,63+,64-,65-,66+,67-,68-,69-,70-/m1/s1. The molecule has 0 bridgehead atoms. The van der Waals surface area contributed by atoms with E-state index in [0.29, 0.717) is 0 Å². The predicted molar refractivity (Wildman–Crippen MR) is 386 cm³/mol. The van der Waals surface area contributed by atoms with Gasteiger partial charge in [0.2, 0.25) is 11.8 Å². The lowest BCUT2D eigenvalue weighted by molar-refractivity contribution is -0.417. The van der Waals surface area contributed by atoms with Crippen LogP contribution in [0.1, 0.15) is 13.8 Å². The van der Waals surface area contributed by atoms with Crippen LogP contribution in [0.3, 0.4) is 0 Å². The van der Waals surface area contributed by atoms with Crippen molar-refractivity contribution < 1.29 is 278 Å². The van der Waals surface area contributed by atoms with Crippen molar-refractivity contribution in [3.63, 3.8) is 0 Å². The highest BCUT2D eigenvalue weighted by Crippen LogP contribution is 2.42. The van der Waals surface area contributed by atoms with Crippen LogP contribution in [-0.4, -0.2) is 591 Å². The lowest BCUT2D eigenvalue weighted by Crippen LogP contribution is -2.70. The van der Waals surface area contributed by atoms with Crippen LogP contribution < -0.4 is 10.6 Å². The molecule has 0 spiro atoms. The minimum Gasteiger partial charge on any atom is -0.394 e. The van der Waals surface area contributed by atoms with E-state index in [1.54, 1.807) is 0 Å². The minimum atomic E-state index is -2.61. The third-order valence-corrected chi connectivity index (χ3v) is 23.8. The van der Waals surface area contributed by atoms with Crippen molar-refractivity contribution >= 4 is 11.8 Å². The van der Waals surface area contributed by atoms with Gasteiger partial charge in [-0.15, -0.1) is 0 Å². The second kappa shape index (κ2) is 45.8. The first-order valence-corrected chi connectivity index (χ1v) is 40.7. The van der Waals surface area contributed by atoms with E-state index in [4.69, 9.17) is 99.5 Å². The zero-order valence-electron chi connectivity index (χ0n) is 67.7. The highest BCUT2D eigenvalue weighted by molar-refractivity contribution is 5.73. The lowest BCUT2D eigenvalue weighted by Gasteiger charge is -2.51. The van der Waals surface area contributed by atoms with Crippen molar-refractivity contribution in [3.8, 4) is 0 Å². The SMILES string of the molecule is CC(=O)N[C@H]1[C@H](O[C@H]2[C@H](O)[C@@H](NC(C)=O)C(O)O[C@@H]2CO)O[C@H](CO)[C@@H](O[C@@H]2O[C@H](CO[C@H]3O[C@H](CO[C@H]4O[C@H](CO)[C@@H](O)[C@H](O)[C@@H]4O)[C@@H](O)[C@H](O[C@H]4O[C@H](CO)[C@@H](O)[C@H](O)[C@@H]4O[C@H]4O[C@H](CO)[C@@H](O)[C@H](O)[C@@H]4O[C@H]4O[C@H](CO)[C@@H](O)[C@H](O)[C@@H]4O[C@H]4O[C@H](CO)[C@@H](O)[C@H](O)[C@@H]4O[C@H]4O[C@H](CO)[C@@H](O)[C@H](O)[C@@H]4O)[C@@H]3O)[C@@H](O)[C@H](O[C@H]3O[C@H](CO)[C@@H](O)[C@H](O)[C@@H]3O)[C@@H]2O)[C@@H]1O. The van der Waals surface area contributed by atoms with Crippen LogP contribution in [0.2, 0.25) is 0 Å². The first kappa shape index (κ1) is 105. The molecule has 0 aromatic heterocycles. The molecule has 1 unspecified atom stereocenters. The fourth-order valence-electron chi connectivity index (χ4n) is 16.5. The highest BCUT2D eigenvalue weighted by Gasteiger charge is 2.63. The maximum atomic E-state index is 12.9.